The third-order valence-corrected chi connectivity index (χ3v) is 3.46. The van der Waals surface area contributed by atoms with Crippen LogP contribution in [0.15, 0.2) is 42.5 Å². The number of methoxy groups -OCH3 is 1. The van der Waals surface area contributed by atoms with Crippen molar-refractivity contribution in [3.63, 3.8) is 0 Å². The smallest absolute Gasteiger partial charge is 0.124 e. The van der Waals surface area contributed by atoms with Crippen LogP contribution in [0, 0.1) is 5.82 Å². The number of benzene rings is 2. The molecule has 0 amide bonds. The van der Waals surface area contributed by atoms with Crippen molar-refractivity contribution in [2.24, 2.45) is 0 Å². The Kier molecular flexibility index (Phi) is 4.99. The zero-order valence-electron chi connectivity index (χ0n) is 11.5. The van der Waals surface area contributed by atoms with Crippen LogP contribution in [-0.2, 0) is 0 Å². The Bertz CT molecular complexity index is 588. The van der Waals surface area contributed by atoms with Gasteiger partial charge in [-0.15, -0.1) is 0 Å². The number of hydrogen-bond donors (Lipinski definition) is 1. The predicted octanol–water partition coefficient (Wildman–Crippen LogP) is 4.19. The van der Waals surface area contributed by atoms with E-state index < -0.39 is 0 Å². The molecular formula is C16H17ClFNO. The maximum Gasteiger partial charge on any atom is 0.124 e. The van der Waals surface area contributed by atoms with E-state index in [-0.39, 0.29) is 11.9 Å². The summed E-state index contributed by atoms with van der Waals surface area (Å²) < 4.78 is 18.6. The Balaban J connectivity index is 2.50. The summed E-state index contributed by atoms with van der Waals surface area (Å²) >= 11 is 6.18. The van der Waals surface area contributed by atoms with Gasteiger partial charge in [0, 0.05) is 10.6 Å². The van der Waals surface area contributed by atoms with Crippen LogP contribution in [0.4, 0.5) is 4.39 Å². The fourth-order valence-corrected chi connectivity index (χ4v) is 2.51. The van der Waals surface area contributed by atoms with Gasteiger partial charge in [0.05, 0.1) is 13.2 Å². The van der Waals surface area contributed by atoms with Gasteiger partial charge in [-0.25, -0.2) is 4.39 Å². The quantitative estimate of drug-likeness (QED) is 0.892. The Morgan fingerprint density at radius 1 is 1.20 bits per heavy atom. The Labute approximate surface area is 123 Å². The van der Waals surface area contributed by atoms with Crippen molar-refractivity contribution >= 4 is 11.6 Å². The molecule has 2 nitrogen and oxygen atoms in total. The van der Waals surface area contributed by atoms with E-state index in [9.17, 15) is 4.39 Å². The van der Waals surface area contributed by atoms with Crippen LogP contribution in [-0.4, -0.2) is 13.7 Å². The largest absolute Gasteiger partial charge is 0.496 e. The molecule has 1 N–H and O–H groups in total. The molecular weight excluding hydrogens is 277 g/mol. The van der Waals surface area contributed by atoms with Crippen molar-refractivity contribution in [1.29, 1.82) is 0 Å². The van der Waals surface area contributed by atoms with Gasteiger partial charge < -0.3 is 10.1 Å². The first-order valence-corrected chi connectivity index (χ1v) is 6.86. The molecule has 0 aromatic heterocycles. The van der Waals surface area contributed by atoms with E-state index in [2.05, 4.69) is 5.32 Å². The number of ether oxygens (including phenoxy) is 1. The average Bonchev–Trinajstić information content (AvgIpc) is 2.45. The van der Waals surface area contributed by atoms with Crippen LogP contribution in [0.1, 0.15) is 24.1 Å². The van der Waals surface area contributed by atoms with Crippen molar-refractivity contribution in [3.05, 3.63) is 64.4 Å². The van der Waals surface area contributed by atoms with Crippen molar-refractivity contribution < 1.29 is 9.13 Å². The topological polar surface area (TPSA) is 21.3 Å². The van der Waals surface area contributed by atoms with Crippen molar-refractivity contribution in [1.82, 2.24) is 5.32 Å². The number of nitrogens with one attached hydrogen (secondary N) is 1. The molecule has 0 saturated heterocycles. The predicted molar refractivity (Wildman–Crippen MR) is 79.9 cm³/mol. The SMILES string of the molecule is CCNC(c1ccc(F)cc1Cl)c1ccccc1OC. The summed E-state index contributed by atoms with van der Waals surface area (Å²) in [6.07, 6.45) is 0. The third kappa shape index (κ3) is 3.11. The molecule has 2 aromatic carbocycles. The maximum absolute atomic E-state index is 13.2. The lowest BCUT2D eigenvalue weighted by Gasteiger charge is -2.22. The van der Waals surface area contributed by atoms with Gasteiger partial charge in [0.15, 0.2) is 0 Å². The van der Waals surface area contributed by atoms with Gasteiger partial charge in [0.1, 0.15) is 11.6 Å². The number of halogens is 2. The molecule has 0 heterocycles. The number of hydrogen-bond acceptors (Lipinski definition) is 2. The first-order chi connectivity index (χ1) is 9.67. The van der Waals surface area contributed by atoms with E-state index in [1.54, 1.807) is 13.2 Å². The second-order valence-electron chi connectivity index (χ2n) is 4.40. The van der Waals surface area contributed by atoms with Gasteiger partial charge in [0.2, 0.25) is 0 Å². The van der Waals surface area contributed by atoms with Crippen LogP contribution in [0.2, 0.25) is 5.02 Å². The van der Waals surface area contributed by atoms with E-state index in [0.717, 1.165) is 23.4 Å². The number of para-hydroxylation sites is 1. The summed E-state index contributed by atoms with van der Waals surface area (Å²) in [6.45, 7) is 2.77. The van der Waals surface area contributed by atoms with Crippen LogP contribution in [0.5, 0.6) is 5.75 Å². The second kappa shape index (κ2) is 6.73. The zero-order valence-corrected chi connectivity index (χ0v) is 12.2. The summed E-state index contributed by atoms with van der Waals surface area (Å²) in [7, 11) is 1.63. The fraction of sp³-hybridized carbons (Fsp3) is 0.250. The highest BCUT2D eigenvalue weighted by molar-refractivity contribution is 6.31. The molecule has 20 heavy (non-hydrogen) atoms. The molecule has 0 radical (unpaired) electrons. The Hall–Kier alpha value is -1.58. The molecule has 4 heteroatoms. The van der Waals surface area contributed by atoms with Gasteiger partial charge in [-0.1, -0.05) is 42.8 Å². The molecule has 1 unspecified atom stereocenters. The molecule has 1 atom stereocenters. The summed E-state index contributed by atoms with van der Waals surface area (Å²) in [5.41, 5.74) is 1.81. The summed E-state index contributed by atoms with van der Waals surface area (Å²) in [6, 6.07) is 12.1. The van der Waals surface area contributed by atoms with Gasteiger partial charge in [-0.2, -0.15) is 0 Å². The van der Waals surface area contributed by atoms with Crippen LogP contribution in [0.3, 0.4) is 0 Å². The second-order valence-corrected chi connectivity index (χ2v) is 4.81. The number of rotatable bonds is 5. The molecule has 0 aliphatic heterocycles. The lowest BCUT2D eigenvalue weighted by Crippen LogP contribution is -2.23. The van der Waals surface area contributed by atoms with Crippen molar-refractivity contribution in [2.75, 3.05) is 13.7 Å². The van der Waals surface area contributed by atoms with Crippen molar-refractivity contribution in [2.45, 2.75) is 13.0 Å². The molecule has 0 aliphatic rings. The van der Waals surface area contributed by atoms with E-state index >= 15 is 0 Å². The van der Waals surface area contributed by atoms with Gasteiger partial charge in [-0.3, -0.25) is 0 Å². The zero-order chi connectivity index (χ0) is 14.5. The lowest BCUT2D eigenvalue weighted by atomic mass is 9.97. The summed E-state index contributed by atoms with van der Waals surface area (Å²) in [5.74, 6) is 0.438. The Morgan fingerprint density at radius 2 is 1.95 bits per heavy atom. The lowest BCUT2D eigenvalue weighted by molar-refractivity contribution is 0.404. The Morgan fingerprint density at radius 3 is 2.60 bits per heavy atom. The molecule has 0 fully saturated rings. The molecule has 106 valence electrons. The van der Waals surface area contributed by atoms with E-state index in [0.29, 0.717) is 5.02 Å². The van der Waals surface area contributed by atoms with Crippen molar-refractivity contribution in [3.8, 4) is 5.75 Å². The molecule has 0 saturated carbocycles. The van der Waals surface area contributed by atoms with Gasteiger partial charge in [0.25, 0.3) is 0 Å². The molecule has 0 aliphatic carbocycles. The third-order valence-electron chi connectivity index (χ3n) is 3.13. The molecule has 0 bridgehead atoms. The minimum atomic E-state index is -0.339. The maximum atomic E-state index is 13.2. The molecule has 2 aromatic rings. The van der Waals surface area contributed by atoms with Crippen LogP contribution < -0.4 is 10.1 Å². The van der Waals surface area contributed by atoms with Gasteiger partial charge in [-0.05, 0) is 30.3 Å². The van der Waals surface area contributed by atoms with Crippen LogP contribution >= 0.6 is 11.6 Å². The first-order valence-electron chi connectivity index (χ1n) is 6.48. The standard InChI is InChI=1S/C16H17ClFNO/c1-3-19-16(12-9-8-11(18)10-14(12)17)13-6-4-5-7-15(13)20-2/h4-10,16,19H,3H2,1-2H3. The summed E-state index contributed by atoms with van der Waals surface area (Å²) in [4.78, 5) is 0. The first kappa shape index (κ1) is 14.8. The molecule has 0 spiro atoms. The van der Waals surface area contributed by atoms with Crippen LogP contribution in [0.25, 0.3) is 0 Å². The highest BCUT2D eigenvalue weighted by Crippen LogP contribution is 2.33. The minimum Gasteiger partial charge on any atom is -0.496 e. The minimum absolute atomic E-state index is 0.135. The monoisotopic (exact) mass is 293 g/mol. The highest BCUT2D eigenvalue weighted by atomic mass is 35.5. The van der Waals surface area contributed by atoms with Gasteiger partial charge >= 0.3 is 0 Å². The average molecular weight is 294 g/mol. The van der Waals surface area contributed by atoms with E-state index in [1.165, 1.54) is 12.1 Å². The fourth-order valence-electron chi connectivity index (χ4n) is 2.23. The summed E-state index contributed by atoms with van der Waals surface area (Å²) in [5, 5.41) is 3.77. The normalized spacial score (nSPS) is 12.2. The highest BCUT2D eigenvalue weighted by Gasteiger charge is 2.19. The van der Waals surface area contributed by atoms with E-state index in [4.69, 9.17) is 16.3 Å². The molecule has 2 rings (SSSR count). The van der Waals surface area contributed by atoms with E-state index in [1.807, 2.05) is 31.2 Å².